The zero-order valence-electron chi connectivity index (χ0n) is 6.34. The lowest BCUT2D eigenvalue weighted by Crippen LogP contribution is -1.90. The number of pyridine rings is 1. The molecular weight excluding hydrogens is 154 g/mol. The molecule has 2 rings (SSSR count). The van der Waals surface area contributed by atoms with E-state index in [-0.39, 0.29) is 0 Å². The molecule has 4 nitrogen and oxygen atoms in total. The summed E-state index contributed by atoms with van der Waals surface area (Å²) in [6.07, 6.45) is 4.59. The average Bonchev–Trinajstić information content (AvgIpc) is 2.51. The molecule has 0 aromatic carbocycles. The molecule has 2 heterocycles. The van der Waals surface area contributed by atoms with Gasteiger partial charge in [0, 0.05) is 12.6 Å². The topological polar surface area (TPSA) is 47.3 Å². The Labute approximate surface area is 68.8 Å². The van der Waals surface area contributed by atoms with Gasteiger partial charge in [0.05, 0.1) is 0 Å². The second-order valence-electron chi connectivity index (χ2n) is 2.47. The number of aromatic nitrogens is 3. The van der Waals surface area contributed by atoms with Gasteiger partial charge in [0.2, 0.25) is 0 Å². The quantitative estimate of drug-likeness (QED) is 0.601. The van der Waals surface area contributed by atoms with Gasteiger partial charge in [-0.2, -0.15) is 5.10 Å². The lowest BCUT2D eigenvalue weighted by molar-refractivity contribution is -0.107. The molecule has 0 amide bonds. The van der Waals surface area contributed by atoms with Crippen LogP contribution < -0.4 is 0 Å². The van der Waals surface area contributed by atoms with Crippen LogP contribution in [0.25, 0.3) is 5.65 Å². The predicted molar refractivity (Wildman–Crippen MR) is 42.8 cm³/mol. The first kappa shape index (κ1) is 6.97. The highest BCUT2D eigenvalue weighted by Gasteiger charge is 1.96. The second-order valence-corrected chi connectivity index (χ2v) is 2.47. The molecule has 0 saturated carbocycles. The van der Waals surface area contributed by atoms with Crippen LogP contribution in [0.3, 0.4) is 0 Å². The summed E-state index contributed by atoms with van der Waals surface area (Å²) in [5.41, 5.74) is 1.74. The van der Waals surface area contributed by atoms with Crippen molar-refractivity contribution in [1.82, 2.24) is 14.6 Å². The molecule has 0 spiro atoms. The number of rotatable bonds is 2. The van der Waals surface area contributed by atoms with Crippen LogP contribution in [0.1, 0.15) is 5.56 Å². The minimum atomic E-state index is 0.434. The van der Waals surface area contributed by atoms with E-state index in [1.807, 2.05) is 12.1 Å². The number of carbonyl (C=O) groups is 1. The fourth-order valence-corrected chi connectivity index (χ4v) is 1.08. The Morgan fingerprint density at radius 2 is 2.50 bits per heavy atom. The van der Waals surface area contributed by atoms with Gasteiger partial charge in [-0.25, -0.2) is 9.50 Å². The summed E-state index contributed by atoms with van der Waals surface area (Å²) in [5.74, 6) is 0. The molecule has 0 bridgehead atoms. The van der Waals surface area contributed by atoms with Gasteiger partial charge in [-0.15, -0.1) is 0 Å². The van der Waals surface area contributed by atoms with Crippen molar-refractivity contribution in [1.29, 1.82) is 0 Å². The molecule has 0 aliphatic carbocycles. The van der Waals surface area contributed by atoms with E-state index in [4.69, 9.17) is 0 Å². The van der Waals surface area contributed by atoms with Crippen molar-refractivity contribution in [3.63, 3.8) is 0 Å². The first-order valence-corrected chi connectivity index (χ1v) is 3.62. The van der Waals surface area contributed by atoms with Crippen LogP contribution >= 0.6 is 0 Å². The minimum Gasteiger partial charge on any atom is -0.303 e. The van der Waals surface area contributed by atoms with Gasteiger partial charge in [0.15, 0.2) is 5.65 Å². The van der Waals surface area contributed by atoms with Crippen molar-refractivity contribution >= 4 is 11.9 Å². The summed E-state index contributed by atoms with van der Waals surface area (Å²) in [6.45, 7) is 0. The maximum absolute atomic E-state index is 10.2. The maximum atomic E-state index is 10.2. The van der Waals surface area contributed by atoms with Gasteiger partial charge in [-0.3, -0.25) is 0 Å². The summed E-state index contributed by atoms with van der Waals surface area (Å²) in [4.78, 5) is 14.2. The molecule has 0 N–H and O–H groups in total. The van der Waals surface area contributed by atoms with E-state index in [1.165, 1.54) is 6.33 Å². The van der Waals surface area contributed by atoms with Gasteiger partial charge in [-0.1, -0.05) is 0 Å². The van der Waals surface area contributed by atoms with E-state index in [9.17, 15) is 4.79 Å². The van der Waals surface area contributed by atoms with Crippen LogP contribution in [-0.2, 0) is 11.2 Å². The van der Waals surface area contributed by atoms with E-state index < -0.39 is 0 Å². The first-order valence-electron chi connectivity index (χ1n) is 3.62. The minimum absolute atomic E-state index is 0.434. The molecule has 0 saturated heterocycles. The average molecular weight is 161 g/mol. The SMILES string of the molecule is O=CCc1ccn2ncnc2c1. The van der Waals surface area contributed by atoms with Crippen LogP contribution in [0.2, 0.25) is 0 Å². The monoisotopic (exact) mass is 161 g/mol. The summed E-state index contributed by atoms with van der Waals surface area (Å²) in [6, 6.07) is 3.71. The Kier molecular flexibility index (Phi) is 1.59. The van der Waals surface area contributed by atoms with E-state index in [1.54, 1.807) is 10.7 Å². The molecule has 2 aromatic rings. The Bertz CT molecular complexity index is 407. The van der Waals surface area contributed by atoms with E-state index in [0.29, 0.717) is 6.42 Å². The molecule has 0 aliphatic rings. The van der Waals surface area contributed by atoms with Crippen molar-refractivity contribution < 1.29 is 4.79 Å². The third-order valence-corrected chi connectivity index (χ3v) is 1.66. The molecule has 0 atom stereocenters. The van der Waals surface area contributed by atoms with Gasteiger partial charge in [0.25, 0.3) is 0 Å². The Balaban J connectivity index is 2.52. The van der Waals surface area contributed by atoms with Crippen molar-refractivity contribution in [2.45, 2.75) is 6.42 Å². The Hall–Kier alpha value is -1.71. The molecule has 0 unspecified atom stereocenters. The predicted octanol–water partition coefficient (Wildman–Crippen LogP) is 0.471. The smallest absolute Gasteiger partial charge is 0.155 e. The normalized spacial score (nSPS) is 10.3. The van der Waals surface area contributed by atoms with Crippen molar-refractivity contribution in [2.75, 3.05) is 0 Å². The van der Waals surface area contributed by atoms with Crippen molar-refractivity contribution in [3.05, 3.63) is 30.2 Å². The summed E-state index contributed by atoms with van der Waals surface area (Å²) < 4.78 is 1.66. The third kappa shape index (κ3) is 1.07. The second kappa shape index (κ2) is 2.73. The first-order chi connectivity index (χ1) is 5.90. The fraction of sp³-hybridized carbons (Fsp3) is 0.125. The third-order valence-electron chi connectivity index (χ3n) is 1.66. The zero-order chi connectivity index (χ0) is 8.39. The molecule has 60 valence electrons. The van der Waals surface area contributed by atoms with Gasteiger partial charge in [-0.05, 0) is 17.7 Å². The lowest BCUT2D eigenvalue weighted by Gasteiger charge is -1.94. The number of carbonyl (C=O) groups excluding carboxylic acids is 1. The summed E-state index contributed by atoms with van der Waals surface area (Å²) in [5, 5.41) is 3.94. The zero-order valence-corrected chi connectivity index (χ0v) is 6.34. The number of nitrogens with zero attached hydrogens (tertiary/aromatic N) is 3. The van der Waals surface area contributed by atoms with E-state index in [2.05, 4.69) is 10.1 Å². The van der Waals surface area contributed by atoms with Crippen LogP contribution in [0.4, 0.5) is 0 Å². The molecule has 2 aromatic heterocycles. The molecule has 12 heavy (non-hydrogen) atoms. The van der Waals surface area contributed by atoms with Crippen LogP contribution in [0, 0.1) is 0 Å². The number of fused-ring (bicyclic) bond motifs is 1. The maximum Gasteiger partial charge on any atom is 0.155 e. The summed E-state index contributed by atoms with van der Waals surface area (Å²) >= 11 is 0. The molecule has 0 aliphatic heterocycles. The highest BCUT2D eigenvalue weighted by atomic mass is 16.1. The van der Waals surface area contributed by atoms with Gasteiger partial charge < -0.3 is 4.79 Å². The fourth-order valence-electron chi connectivity index (χ4n) is 1.08. The largest absolute Gasteiger partial charge is 0.303 e. The molecule has 0 fully saturated rings. The standard InChI is InChI=1S/C8H7N3O/c12-4-2-7-1-3-11-8(5-7)9-6-10-11/h1,3-6H,2H2. The van der Waals surface area contributed by atoms with Crippen LogP contribution in [-0.4, -0.2) is 20.9 Å². The van der Waals surface area contributed by atoms with Crippen LogP contribution in [0.15, 0.2) is 24.7 Å². The van der Waals surface area contributed by atoms with E-state index >= 15 is 0 Å². The Morgan fingerprint density at radius 1 is 1.58 bits per heavy atom. The molecule has 4 heteroatoms. The number of hydrogen-bond donors (Lipinski definition) is 0. The van der Waals surface area contributed by atoms with Gasteiger partial charge in [0.1, 0.15) is 12.6 Å². The summed E-state index contributed by atoms with van der Waals surface area (Å²) in [7, 11) is 0. The number of hydrogen-bond acceptors (Lipinski definition) is 3. The molecule has 0 radical (unpaired) electrons. The van der Waals surface area contributed by atoms with Crippen LogP contribution in [0.5, 0.6) is 0 Å². The van der Waals surface area contributed by atoms with Crippen molar-refractivity contribution in [2.24, 2.45) is 0 Å². The lowest BCUT2D eigenvalue weighted by atomic mass is 10.2. The highest BCUT2D eigenvalue weighted by molar-refractivity contribution is 5.56. The highest BCUT2D eigenvalue weighted by Crippen LogP contribution is 2.02. The van der Waals surface area contributed by atoms with Gasteiger partial charge >= 0.3 is 0 Å². The molecular formula is C8H7N3O. The number of aldehydes is 1. The van der Waals surface area contributed by atoms with E-state index in [0.717, 1.165) is 17.5 Å². The Morgan fingerprint density at radius 3 is 3.33 bits per heavy atom. The van der Waals surface area contributed by atoms with Crippen molar-refractivity contribution in [3.8, 4) is 0 Å².